The van der Waals surface area contributed by atoms with E-state index >= 15 is 0 Å². The molecule has 0 spiro atoms. The fourth-order valence-electron chi connectivity index (χ4n) is 3.89. The Morgan fingerprint density at radius 2 is 2.10 bits per heavy atom. The molecule has 4 amide bonds. The van der Waals surface area contributed by atoms with Crippen molar-refractivity contribution in [3.8, 4) is 5.75 Å². The number of benzene rings is 1. The molecule has 0 saturated carbocycles. The fourth-order valence-corrected chi connectivity index (χ4v) is 3.89. The molecule has 10 nitrogen and oxygen atoms in total. The van der Waals surface area contributed by atoms with Crippen LogP contribution in [0, 0.1) is 0 Å². The number of carbonyl (C=O) groups is 3. The van der Waals surface area contributed by atoms with Gasteiger partial charge in [0.05, 0.1) is 13.7 Å². The van der Waals surface area contributed by atoms with E-state index in [1.54, 1.807) is 18.2 Å². The van der Waals surface area contributed by atoms with Crippen LogP contribution in [0.2, 0.25) is 0 Å². The molecule has 1 aromatic carbocycles. The number of anilines is 1. The van der Waals surface area contributed by atoms with Crippen LogP contribution in [0.3, 0.4) is 0 Å². The number of pyridine rings is 1. The van der Waals surface area contributed by atoms with Gasteiger partial charge in [-0.1, -0.05) is 6.07 Å². The molecule has 30 heavy (non-hydrogen) atoms. The number of amides is 4. The number of nitrogens with zero attached hydrogens (tertiary/aromatic N) is 2. The van der Waals surface area contributed by atoms with Crippen LogP contribution in [0.4, 0.5) is 10.6 Å². The number of methoxy groups -OCH3 is 1. The average Bonchev–Trinajstić information content (AvgIpc) is 3.36. The third-order valence-electron chi connectivity index (χ3n) is 5.41. The predicted octanol–water partition coefficient (Wildman–Crippen LogP) is 1.11. The van der Waals surface area contributed by atoms with Crippen LogP contribution in [0.25, 0.3) is 11.0 Å². The van der Waals surface area contributed by atoms with Gasteiger partial charge in [0.15, 0.2) is 5.54 Å². The molecule has 0 radical (unpaired) electrons. The summed E-state index contributed by atoms with van der Waals surface area (Å²) in [6.07, 6.45) is 1.52. The van der Waals surface area contributed by atoms with Crippen molar-refractivity contribution in [2.24, 2.45) is 0 Å². The van der Waals surface area contributed by atoms with Gasteiger partial charge < -0.3 is 25.1 Å². The first-order valence-electron chi connectivity index (χ1n) is 9.15. The fraction of sp³-hybridized carbons (Fsp3) is 0.200. The van der Waals surface area contributed by atoms with E-state index in [2.05, 4.69) is 15.6 Å². The minimum atomic E-state index is -1.58. The minimum Gasteiger partial charge on any atom is -0.497 e. The lowest BCUT2D eigenvalue weighted by Gasteiger charge is -2.29. The molecule has 3 aromatic rings. The quantitative estimate of drug-likeness (QED) is 0.550. The molecule has 5 rings (SSSR count). The molecule has 2 aliphatic heterocycles. The van der Waals surface area contributed by atoms with E-state index in [0.29, 0.717) is 22.3 Å². The number of furan rings is 1. The third-order valence-corrected chi connectivity index (χ3v) is 5.41. The summed E-state index contributed by atoms with van der Waals surface area (Å²) in [5.74, 6) is 0.145. The summed E-state index contributed by atoms with van der Waals surface area (Å²) in [7, 11) is 1.52. The number of imide groups is 1. The van der Waals surface area contributed by atoms with Gasteiger partial charge in [0.25, 0.3) is 11.8 Å². The molecule has 152 valence electrons. The third kappa shape index (κ3) is 2.57. The van der Waals surface area contributed by atoms with Crippen molar-refractivity contribution in [2.75, 3.05) is 19.4 Å². The Hall–Kier alpha value is -4.08. The first kappa shape index (κ1) is 18.0. The normalized spacial score (nSPS) is 20.4. The number of nitrogens with one attached hydrogen (secondary N) is 2. The van der Waals surface area contributed by atoms with Crippen LogP contribution in [-0.4, -0.2) is 41.4 Å². The van der Waals surface area contributed by atoms with E-state index in [4.69, 9.17) is 14.9 Å². The summed E-state index contributed by atoms with van der Waals surface area (Å²) in [6, 6.07) is 7.72. The van der Waals surface area contributed by atoms with E-state index in [0.717, 1.165) is 5.56 Å². The number of hydrogen-bond donors (Lipinski definition) is 3. The van der Waals surface area contributed by atoms with Gasteiger partial charge in [-0.05, 0) is 23.8 Å². The molecule has 0 bridgehead atoms. The van der Waals surface area contributed by atoms with Gasteiger partial charge in [0.2, 0.25) is 0 Å². The molecule has 1 atom stereocenters. The van der Waals surface area contributed by atoms with Crippen molar-refractivity contribution in [1.82, 2.24) is 20.5 Å². The summed E-state index contributed by atoms with van der Waals surface area (Å²) in [4.78, 5) is 43.4. The summed E-state index contributed by atoms with van der Waals surface area (Å²) >= 11 is 0. The standard InChI is InChI=1S/C20H17N5O5/c1-29-12-3-2-10-8-25(17(26)13(10)5-12)9-20(18(27)23-19(28)24-20)15-4-11-7-22-16(21)6-14(11)30-15/h2-7H,8-9H2,1H3,(H2,21,22)(H2,23,24,27,28). The van der Waals surface area contributed by atoms with Crippen molar-refractivity contribution in [2.45, 2.75) is 12.1 Å². The number of rotatable bonds is 4. The predicted molar refractivity (Wildman–Crippen MR) is 105 cm³/mol. The van der Waals surface area contributed by atoms with Gasteiger partial charge >= 0.3 is 6.03 Å². The number of ether oxygens (including phenoxy) is 1. The van der Waals surface area contributed by atoms with Crippen LogP contribution in [0.5, 0.6) is 5.75 Å². The highest BCUT2D eigenvalue weighted by Crippen LogP contribution is 2.35. The molecule has 1 fully saturated rings. The average molecular weight is 407 g/mol. The van der Waals surface area contributed by atoms with E-state index in [1.165, 1.54) is 24.3 Å². The molecule has 4 N–H and O–H groups in total. The zero-order valence-electron chi connectivity index (χ0n) is 15.9. The zero-order chi connectivity index (χ0) is 21.0. The van der Waals surface area contributed by atoms with Crippen molar-refractivity contribution >= 4 is 34.6 Å². The number of fused-ring (bicyclic) bond motifs is 2. The second-order valence-electron chi connectivity index (χ2n) is 7.26. The first-order chi connectivity index (χ1) is 14.4. The number of nitrogen functional groups attached to an aromatic ring is 1. The minimum absolute atomic E-state index is 0.108. The number of aromatic nitrogens is 1. The summed E-state index contributed by atoms with van der Waals surface area (Å²) in [5, 5.41) is 5.50. The smallest absolute Gasteiger partial charge is 0.322 e. The maximum atomic E-state index is 13.0. The molecule has 1 saturated heterocycles. The lowest BCUT2D eigenvalue weighted by molar-refractivity contribution is -0.125. The van der Waals surface area contributed by atoms with Crippen LogP contribution >= 0.6 is 0 Å². The second kappa shape index (κ2) is 6.21. The summed E-state index contributed by atoms with van der Waals surface area (Å²) in [5.41, 5.74) is 5.86. The Labute approximate surface area is 170 Å². The Morgan fingerprint density at radius 1 is 1.27 bits per heavy atom. The summed E-state index contributed by atoms with van der Waals surface area (Å²) in [6.45, 7) is 0.181. The molecule has 2 aromatic heterocycles. The highest BCUT2D eigenvalue weighted by molar-refractivity contribution is 6.08. The van der Waals surface area contributed by atoms with Gasteiger partial charge in [-0.25, -0.2) is 9.78 Å². The summed E-state index contributed by atoms with van der Waals surface area (Å²) < 4.78 is 11.1. The highest BCUT2D eigenvalue weighted by atomic mass is 16.5. The van der Waals surface area contributed by atoms with Crippen LogP contribution in [0.15, 0.2) is 40.9 Å². The van der Waals surface area contributed by atoms with Crippen LogP contribution in [-0.2, 0) is 16.9 Å². The lowest BCUT2D eigenvalue weighted by Crippen LogP contribution is -2.52. The number of nitrogens with two attached hydrogens (primary N) is 1. The van der Waals surface area contributed by atoms with E-state index < -0.39 is 17.5 Å². The van der Waals surface area contributed by atoms with E-state index in [1.807, 2.05) is 6.07 Å². The van der Waals surface area contributed by atoms with Crippen molar-refractivity contribution in [1.29, 1.82) is 0 Å². The van der Waals surface area contributed by atoms with Gasteiger partial charge in [0, 0.05) is 29.8 Å². The Balaban J connectivity index is 1.55. The molecule has 2 aliphatic rings. The lowest BCUT2D eigenvalue weighted by atomic mass is 9.95. The topological polar surface area (TPSA) is 140 Å². The second-order valence-corrected chi connectivity index (χ2v) is 7.26. The Bertz CT molecular complexity index is 1240. The van der Waals surface area contributed by atoms with E-state index in [9.17, 15) is 14.4 Å². The monoisotopic (exact) mass is 407 g/mol. The molecular weight excluding hydrogens is 390 g/mol. The van der Waals surface area contributed by atoms with Crippen LogP contribution < -0.4 is 21.1 Å². The molecular formula is C20H17N5O5. The van der Waals surface area contributed by atoms with Gasteiger partial charge in [-0.2, -0.15) is 0 Å². The van der Waals surface area contributed by atoms with E-state index in [-0.39, 0.29) is 30.6 Å². The van der Waals surface area contributed by atoms with Gasteiger partial charge in [-0.3, -0.25) is 14.9 Å². The highest BCUT2D eigenvalue weighted by Gasteiger charge is 2.53. The molecule has 0 aliphatic carbocycles. The van der Waals surface area contributed by atoms with Gasteiger partial charge in [-0.15, -0.1) is 0 Å². The van der Waals surface area contributed by atoms with Crippen molar-refractivity contribution in [3.63, 3.8) is 0 Å². The molecule has 10 heteroatoms. The Kier molecular flexibility index (Phi) is 3.72. The number of carbonyl (C=O) groups excluding carboxylic acids is 3. The Morgan fingerprint density at radius 3 is 2.83 bits per heavy atom. The van der Waals surface area contributed by atoms with Gasteiger partial charge in [0.1, 0.15) is 22.9 Å². The molecule has 4 heterocycles. The van der Waals surface area contributed by atoms with Crippen LogP contribution in [0.1, 0.15) is 21.7 Å². The maximum absolute atomic E-state index is 13.0. The molecule has 1 unspecified atom stereocenters. The largest absolute Gasteiger partial charge is 0.497 e. The maximum Gasteiger partial charge on any atom is 0.322 e. The SMILES string of the molecule is COc1ccc2c(c1)C(=O)N(CC1(c3cc4cnc(N)cc4o3)NC(=O)NC1=O)C2. The first-order valence-corrected chi connectivity index (χ1v) is 9.15. The van der Waals surface area contributed by atoms with Crippen molar-refractivity contribution in [3.05, 3.63) is 53.4 Å². The number of hydrogen-bond acceptors (Lipinski definition) is 7. The zero-order valence-corrected chi connectivity index (χ0v) is 15.9. The number of urea groups is 1. The van der Waals surface area contributed by atoms with Crippen molar-refractivity contribution < 1.29 is 23.5 Å².